The summed E-state index contributed by atoms with van der Waals surface area (Å²) in [6.45, 7) is 2.63. The van der Waals surface area contributed by atoms with Gasteiger partial charge < -0.3 is 10.2 Å². The molecule has 1 saturated carbocycles. The van der Waals surface area contributed by atoms with Crippen LogP contribution in [0.5, 0.6) is 0 Å². The van der Waals surface area contributed by atoms with Gasteiger partial charge in [0.05, 0.1) is 10.4 Å². The van der Waals surface area contributed by atoms with Gasteiger partial charge in [0, 0.05) is 24.7 Å². The Morgan fingerprint density at radius 1 is 1.00 bits per heavy atom. The highest BCUT2D eigenvalue weighted by atomic mass is 32.1. The van der Waals surface area contributed by atoms with Crippen molar-refractivity contribution in [2.24, 2.45) is 5.92 Å². The second kappa shape index (κ2) is 7.72. The molecule has 2 fully saturated rings. The van der Waals surface area contributed by atoms with Gasteiger partial charge in [0.2, 0.25) is 5.78 Å². The smallest absolute Gasteiger partial charge is 0.254 e. The van der Waals surface area contributed by atoms with Crippen molar-refractivity contribution in [1.29, 1.82) is 0 Å². The zero-order chi connectivity index (χ0) is 17.9. The Labute approximate surface area is 158 Å². The van der Waals surface area contributed by atoms with Gasteiger partial charge in [-0.2, -0.15) is 0 Å². The van der Waals surface area contributed by atoms with Gasteiger partial charge in [-0.15, -0.1) is 11.3 Å². The summed E-state index contributed by atoms with van der Waals surface area (Å²) in [6, 6.07) is 11.4. The molecule has 1 aliphatic carbocycles. The van der Waals surface area contributed by atoms with Gasteiger partial charge in [0.1, 0.15) is 0 Å². The maximum Gasteiger partial charge on any atom is 0.254 e. The largest absolute Gasteiger partial charge is 0.339 e. The number of benzene rings is 1. The third kappa shape index (κ3) is 3.89. The van der Waals surface area contributed by atoms with E-state index in [0.29, 0.717) is 22.0 Å². The fourth-order valence-electron chi connectivity index (χ4n) is 3.52. The number of ketones is 1. The maximum absolute atomic E-state index is 13.0. The first kappa shape index (κ1) is 17.4. The number of hydrogen-bond donors (Lipinski definition) is 1. The van der Waals surface area contributed by atoms with Crippen LogP contribution in [0.3, 0.4) is 0 Å². The monoisotopic (exact) mass is 368 g/mol. The molecule has 26 heavy (non-hydrogen) atoms. The molecule has 2 heterocycles. The molecule has 1 N–H and O–H groups in total. The number of thiophene rings is 1. The van der Waals surface area contributed by atoms with Gasteiger partial charge in [-0.3, -0.25) is 9.59 Å². The lowest BCUT2D eigenvalue weighted by Gasteiger charge is -2.33. The van der Waals surface area contributed by atoms with Crippen LogP contribution in [0.15, 0.2) is 41.8 Å². The van der Waals surface area contributed by atoms with Crippen LogP contribution in [0, 0.1) is 5.92 Å². The second-order valence-electron chi connectivity index (χ2n) is 7.27. The van der Waals surface area contributed by atoms with Gasteiger partial charge in [-0.05, 0) is 55.7 Å². The molecule has 1 aromatic carbocycles. The van der Waals surface area contributed by atoms with E-state index in [0.717, 1.165) is 38.4 Å². The van der Waals surface area contributed by atoms with E-state index >= 15 is 0 Å². The molecule has 2 aromatic rings. The lowest BCUT2D eigenvalue weighted by Crippen LogP contribution is -2.45. The van der Waals surface area contributed by atoms with Crippen LogP contribution in [0.25, 0.3) is 0 Å². The van der Waals surface area contributed by atoms with E-state index in [2.05, 4.69) is 5.32 Å². The Hall–Kier alpha value is -1.98. The Bertz CT molecular complexity index is 775. The average molecular weight is 369 g/mol. The van der Waals surface area contributed by atoms with Crippen molar-refractivity contribution in [2.45, 2.75) is 31.7 Å². The normalized spacial score (nSPS) is 18.1. The van der Waals surface area contributed by atoms with Crippen molar-refractivity contribution in [3.63, 3.8) is 0 Å². The Morgan fingerprint density at radius 2 is 1.73 bits per heavy atom. The summed E-state index contributed by atoms with van der Waals surface area (Å²) < 4.78 is 0. The summed E-state index contributed by atoms with van der Waals surface area (Å²) in [7, 11) is 0. The number of likely N-dealkylation sites (tertiary alicyclic amines) is 1. The summed E-state index contributed by atoms with van der Waals surface area (Å²) >= 11 is 1.41. The predicted molar refractivity (Wildman–Crippen MR) is 104 cm³/mol. The highest BCUT2D eigenvalue weighted by molar-refractivity contribution is 7.12. The summed E-state index contributed by atoms with van der Waals surface area (Å²) in [5, 5.41) is 5.53. The summed E-state index contributed by atoms with van der Waals surface area (Å²) in [5.74, 6) is 0.792. The second-order valence-corrected chi connectivity index (χ2v) is 8.22. The standard InChI is InChI=1S/C21H24N2O2S/c24-20(19-6-3-13-26-19)17-4-1-2-5-18(17)21(25)23-11-9-16(10-12-23)22-14-15-7-8-15/h1-6,13,15-16,22H,7-12,14H2. The molecular formula is C21H24N2O2S. The predicted octanol–water partition coefficient (Wildman–Crippen LogP) is 3.58. The molecule has 1 aliphatic heterocycles. The van der Waals surface area contributed by atoms with Crippen LogP contribution >= 0.6 is 11.3 Å². The Morgan fingerprint density at radius 3 is 2.38 bits per heavy atom. The fourth-order valence-corrected chi connectivity index (χ4v) is 4.20. The molecule has 1 amide bonds. The third-order valence-electron chi connectivity index (χ3n) is 5.32. The number of amides is 1. The van der Waals surface area contributed by atoms with Crippen molar-refractivity contribution >= 4 is 23.0 Å². The van der Waals surface area contributed by atoms with Crippen molar-refractivity contribution in [2.75, 3.05) is 19.6 Å². The summed E-state index contributed by atoms with van der Waals surface area (Å²) in [5.41, 5.74) is 1.03. The number of hydrogen-bond acceptors (Lipinski definition) is 4. The van der Waals surface area contributed by atoms with Crippen LogP contribution < -0.4 is 5.32 Å². The first-order valence-electron chi connectivity index (χ1n) is 9.42. The van der Waals surface area contributed by atoms with Crippen LogP contribution in [-0.4, -0.2) is 42.3 Å². The number of carbonyl (C=O) groups is 2. The number of piperidine rings is 1. The number of nitrogens with one attached hydrogen (secondary N) is 1. The zero-order valence-electron chi connectivity index (χ0n) is 14.8. The minimum Gasteiger partial charge on any atom is -0.339 e. The fraction of sp³-hybridized carbons (Fsp3) is 0.429. The minimum atomic E-state index is -0.0649. The number of rotatable bonds is 6. The molecule has 4 nitrogen and oxygen atoms in total. The SMILES string of the molecule is O=C(c1cccs1)c1ccccc1C(=O)N1CCC(NCC2CC2)CC1. The van der Waals surface area contributed by atoms with Crippen molar-refractivity contribution in [3.05, 3.63) is 57.8 Å². The van der Waals surface area contributed by atoms with E-state index in [1.165, 1.54) is 24.2 Å². The average Bonchev–Trinajstić information content (AvgIpc) is 3.36. The zero-order valence-corrected chi connectivity index (χ0v) is 15.6. The molecule has 0 bridgehead atoms. The van der Waals surface area contributed by atoms with Crippen molar-refractivity contribution in [1.82, 2.24) is 10.2 Å². The molecule has 1 saturated heterocycles. The van der Waals surface area contributed by atoms with E-state index in [-0.39, 0.29) is 11.7 Å². The van der Waals surface area contributed by atoms with Gasteiger partial charge in [-0.1, -0.05) is 24.3 Å². The van der Waals surface area contributed by atoms with E-state index in [1.54, 1.807) is 12.1 Å². The highest BCUT2D eigenvalue weighted by Gasteiger charge is 2.28. The van der Waals surface area contributed by atoms with Crippen LogP contribution in [0.4, 0.5) is 0 Å². The lowest BCUT2D eigenvalue weighted by molar-refractivity contribution is 0.0701. The van der Waals surface area contributed by atoms with Gasteiger partial charge >= 0.3 is 0 Å². The van der Waals surface area contributed by atoms with Crippen molar-refractivity contribution in [3.8, 4) is 0 Å². The molecule has 0 spiro atoms. The highest BCUT2D eigenvalue weighted by Crippen LogP contribution is 2.28. The molecule has 136 valence electrons. The van der Waals surface area contributed by atoms with Crippen LogP contribution in [0.1, 0.15) is 51.3 Å². The summed E-state index contributed by atoms with van der Waals surface area (Å²) in [6.07, 6.45) is 4.69. The van der Waals surface area contributed by atoms with Crippen LogP contribution in [0.2, 0.25) is 0 Å². The van der Waals surface area contributed by atoms with Crippen LogP contribution in [-0.2, 0) is 0 Å². The van der Waals surface area contributed by atoms with Gasteiger partial charge in [-0.25, -0.2) is 0 Å². The Balaban J connectivity index is 1.43. The first-order valence-corrected chi connectivity index (χ1v) is 10.3. The molecule has 0 radical (unpaired) electrons. The molecule has 0 unspecified atom stereocenters. The van der Waals surface area contributed by atoms with Crippen molar-refractivity contribution < 1.29 is 9.59 Å². The molecule has 0 atom stereocenters. The van der Waals surface area contributed by atoms with Gasteiger partial charge in [0.15, 0.2) is 0 Å². The first-order chi connectivity index (χ1) is 12.7. The maximum atomic E-state index is 13.0. The molecular weight excluding hydrogens is 344 g/mol. The molecule has 1 aromatic heterocycles. The minimum absolute atomic E-state index is 0.0221. The molecule has 5 heteroatoms. The number of nitrogens with zero attached hydrogens (tertiary/aromatic N) is 1. The molecule has 4 rings (SSSR count). The number of carbonyl (C=O) groups excluding carboxylic acids is 2. The van der Waals surface area contributed by atoms with E-state index in [4.69, 9.17) is 0 Å². The summed E-state index contributed by atoms with van der Waals surface area (Å²) in [4.78, 5) is 28.4. The van der Waals surface area contributed by atoms with E-state index in [9.17, 15) is 9.59 Å². The van der Waals surface area contributed by atoms with E-state index < -0.39 is 0 Å². The third-order valence-corrected chi connectivity index (χ3v) is 6.19. The lowest BCUT2D eigenvalue weighted by atomic mass is 9.99. The topological polar surface area (TPSA) is 49.4 Å². The van der Waals surface area contributed by atoms with E-state index in [1.807, 2.05) is 34.5 Å². The quantitative estimate of drug-likeness (QED) is 0.793. The Kier molecular flexibility index (Phi) is 5.18. The van der Waals surface area contributed by atoms with Gasteiger partial charge in [0.25, 0.3) is 5.91 Å². The molecule has 2 aliphatic rings.